The highest BCUT2D eigenvalue weighted by atomic mass is 32.1. The lowest BCUT2D eigenvalue weighted by Gasteiger charge is -1.96. The van der Waals surface area contributed by atoms with Crippen LogP contribution < -0.4 is 0 Å². The van der Waals surface area contributed by atoms with Gasteiger partial charge in [-0.15, -0.1) is 11.3 Å². The number of hydrogen-bond donors (Lipinski definition) is 0. The third-order valence-corrected chi connectivity index (χ3v) is 3.81. The number of rotatable bonds is 3. The van der Waals surface area contributed by atoms with Crippen LogP contribution in [0.1, 0.15) is 23.1 Å². The van der Waals surface area contributed by atoms with Crippen molar-refractivity contribution in [1.29, 1.82) is 0 Å². The van der Waals surface area contributed by atoms with Crippen LogP contribution in [-0.2, 0) is 11.2 Å². The molecular weight excluding hydrogens is 230 g/mol. The zero-order valence-electron chi connectivity index (χ0n) is 10.3. The Morgan fingerprint density at radius 2 is 1.88 bits per heavy atom. The van der Waals surface area contributed by atoms with Gasteiger partial charge >= 0.3 is 0 Å². The Hall–Kier alpha value is -1.48. The standard InChI is InChI=1S/C14H15NOS/c1-9-4-6-12(7-5-9)14-15-11(3)13(17-14)8-10(2)16/h4-7H,8H2,1-3H3. The Bertz CT molecular complexity index is 540. The van der Waals surface area contributed by atoms with E-state index in [4.69, 9.17) is 0 Å². The van der Waals surface area contributed by atoms with E-state index in [0.29, 0.717) is 6.42 Å². The Morgan fingerprint density at radius 1 is 1.24 bits per heavy atom. The minimum absolute atomic E-state index is 0.187. The van der Waals surface area contributed by atoms with Crippen LogP contribution in [0.3, 0.4) is 0 Å². The first kappa shape index (κ1) is 12.0. The smallest absolute Gasteiger partial charge is 0.135 e. The van der Waals surface area contributed by atoms with E-state index < -0.39 is 0 Å². The van der Waals surface area contributed by atoms with E-state index >= 15 is 0 Å². The van der Waals surface area contributed by atoms with Gasteiger partial charge in [0.05, 0.1) is 5.69 Å². The molecule has 2 rings (SSSR count). The number of carbonyl (C=O) groups is 1. The van der Waals surface area contributed by atoms with Crippen molar-refractivity contribution >= 4 is 17.1 Å². The predicted octanol–water partition coefficient (Wildman–Crippen LogP) is 3.56. The van der Waals surface area contributed by atoms with Gasteiger partial charge in [0.1, 0.15) is 10.8 Å². The summed E-state index contributed by atoms with van der Waals surface area (Å²) in [5.41, 5.74) is 3.34. The van der Waals surface area contributed by atoms with Gasteiger partial charge in [0, 0.05) is 16.9 Å². The Labute approximate surface area is 105 Å². The second kappa shape index (κ2) is 4.80. The van der Waals surface area contributed by atoms with Crippen molar-refractivity contribution in [3.05, 3.63) is 40.4 Å². The molecule has 0 atom stereocenters. The summed E-state index contributed by atoms with van der Waals surface area (Å²) in [5, 5.41) is 0.999. The summed E-state index contributed by atoms with van der Waals surface area (Å²) in [7, 11) is 0. The van der Waals surface area contributed by atoms with Gasteiger partial charge in [-0.05, 0) is 20.8 Å². The van der Waals surface area contributed by atoms with Crippen LogP contribution in [0.15, 0.2) is 24.3 Å². The van der Waals surface area contributed by atoms with Gasteiger partial charge in [0.15, 0.2) is 0 Å². The molecule has 3 heteroatoms. The molecular formula is C14H15NOS. The zero-order chi connectivity index (χ0) is 12.4. The van der Waals surface area contributed by atoms with Crippen LogP contribution in [0, 0.1) is 13.8 Å². The van der Waals surface area contributed by atoms with Crippen LogP contribution in [0.2, 0.25) is 0 Å². The molecule has 0 amide bonds. The lowest BCUT2D eigenvalue weighted by Crippen LogP contribution is -1.94. The number of thiazole rings is 1. The highest BCUT2D eigenvalue weighted by Crippen LogP contribution is 2.28. The minimum Gasteiger partial charge on any atom is -0.300 e. The van der Waals surface area contributed by atoms with E-state index in [1.165, 1.54) is 5.56 Å². The maximum Gasteiger partial charge on any atom is 0.135 e. The molecule has 1 aromatic heterocycles. The third kappa shape index (κ3) is 2.80. The molecule has 0 spiro atoms. The fourth-order valence-corrected chi connectivity index (χ4v) is 2.78. The van der Waals surface area contributed by atoms with E-state index in [0.717, 1.165) is 21.1 Å². The first-order valence-electron chi connectivity index (χ1n) is 5.59. The second-order valence-corrected chi connectivity index (χ2v) is 5.36. The molecule has 0 bridgehead atoms. The van der Waals surface area contributed by atoms with Gasteiger partial charge < -0.3 is 0 Å². The number of aryl methyl sites for hydroxylation is 2. The monoisotopic (exact) mass is 245 g/mol. The lowest BCUT2D eigenvalue weighted by molar-refractivity contribution is -0.116. The van der Waals surface area contributed by atoms with E-state index in [2.05, 4.69) is 36.2 Å². The molecule has 0 aliphatic rings. The van der Waals surface area contributed by atoms with Crippen LogP contribution in [0.4, 0.5) is 0 Å². The van der Waals surface area contributed by atoms with Gasteiger partial charge in [0.25, 0.3) is 0 Å². The van der Waals surface area contributed by atoms with Crippen LogP contribution in [-0.4, -0.2) is 10.8 Å². The van der Waals surface area contributed by atoms with Gasteiger partial charge in [-0.1, -0.05) is 29.8 Å². The first-order chi connectivity index (χ1) is 8.06. The topological polar surface area (TPSA) is 30.0 Å². The fourth-order valence-electron chi connectivity index (χ4n) is 1.64. The fraction of sp³-hybridized carbons (Fsp3) is 0.286. The number of aromatic nitrogens is 1. The van der Waals surface area contributed by atoms with Gasteiger partial charge in [0.2, 0.25) is 0 Å². The molecule has 0 fully saturated rings. The van der Waals surface area contributed by atoms with E-state index in [9.17, 15) is 4.79 Å². The summed E-state index contributed by atoms with van der Waals surface area (Å²) < 4.78 is 0. The third-order valence-electron chi connectivity index (χ3n) is 2.60. The van der Waals surface area contributed by atoms with E-state index in [-0.39, 0.29) is 5.78 Å². The Balaban J connectivity index is 2.34. The van der Waals surface area contributed by atoms with Gasteiger partial charge in [-0.25, -0.2) is 4.98 Å². The Morgan fingerprint density at radius 3 is 2.47 bits per heavy atom. The number of carbonyl (C=O) groups excluding carboxylic acids is 1. The van der Waals surface area contributed by atoms with E-state index in [1.54, 1.807) is 18.3 Å². The van der Waals surface area contributed by atoms with Crippen molar-refractivity contribution in [2.75, 3.05) is 0 Å². The summed E-state index contributed by atoms with van der Waals surface area (Å²) in [5.74, 6) is 0.187. The Kier molecular flexibility index (Phi) is 3.38. The molecule has 0 aliphatic heterocycles. The summed E-state index contributed by atoms with van der Waals surface area (Å²) in [6.07, 6.45) is 0.495. The molecule has 2 aromatic rings. The lowest BCUT2D eigenvalue weighted by atomic mass is 10.2. The summed E-state index contributed by atoms with van der Waals surface area (Å²) in [6, 6.07) is 8.31. The molecule has 0 N–H and O–H groups in total. The number of Topliss-reactive ketones (excluding diaryl/α,β-unsaturated/α-hetero) is 1. The molecule has 1 heterocycles. The average Bonchev–Trinajstić information content (AvgIpc) is 2.60. The maximum atomic E-state index is 11.1. The molecule has 1 aromatic carbocycles. The van der Waals surface area contributed by atoms with Crippen molar-refractivity contribution in [1.82, 2.24) is 4.98 Å². The second-order valence-electron chi connectivity index (χ2n) is 4.27. The first-order valence-corrected chi connectivity index (χ1v) is 6.40. The molecule has 17 heavy (non-hydrogen) atoms. The molecule has 0 aliphatic carbocycles. The predicted molar refractivity (Wildman–Crippen MR) is 71.4 cm³/mol. The normalized spacial score (nSPS) is 10.5. The van der Waals surface area contributed by atoms with Crippen molar-refractivity contribution in [2.45, 2.75) is 27.2 Å². The van der Waals surface area contributed by atoms with Crippen LogP contribution in [0.5, 0.6) is 0 Å². The number of ketones is 1. The summed E-state index contributed by atoms with van der Waals surface area (Å²) >= 11 is 1.61. The largest absolute Gasteiger partial charge is 0.300 e. The van der Waals surface area contributed by atoms with Crippen molar-refractivity contribution in [3.63, 3.8) is 0 Å². The maximum absolute atomic E-state index is 11.1. The minimum atomic E-state index is 0.187. The SMILES string of the molecule is CC(=O)Cc1sc(-c2ccc(C)cc2)nc1C. The van der Waals surface area contributed by atoms with Gasteiger partial charge in [-0.3, -0.25) is 4.79 Å². The molecule has 0 saturated heterocycles. The highest BCUT2D eigenvalue weighted by molar-refractivity contribution is 7.15. The van der Waals surface area contributed by atoms with Crippen molar-refractivity contribution < 1.29 is 4.79 Å². The molecule has 2 nitrogen and oxygen atoms in total. The molecule has 0 unspecified atom stereocenters. The molecule has 0 radical (unpaired) electrons. The number of nitrogens with zero attached hydrogens (tertiary/aromatic N) is 1. The number of benzene rings is 1. The zero-order valence-corrected chi connectivity index (χ0v) is 11.1. The van der Waals surface area contributed by atoms with E-state index in [1.807, 2.05) is 6.92 Å². The van der Waals surface area contributed by atoms with Crippen molar-refractivity contribution in [3.8, 4) is 10.6 Å². The number of hydrogen-bond acceptors (Lipinski definition) is 3. The van der Waals surface area contributed by atoms with Crippen LogP contribution >= 0.6 is 11.3 Å². The highest BCUT2D eigenvalue weighted by Gasteiger charge is 2.10. The molecule has 88 valence electrons. The summed E-state index contributed by atoms with van der Waals surface area (Å²) in [4.78, 5) is 16.7. The average molecular weight is 245 g/mol. The van der Waals surface area contributed by atoms with Gasteiger partial charge in [-0.2, -0.15) is 0 Å². The quantitative estimate of drug-likeness (QED) is 0.827. The molecule has 0 saturated carbocycles. The summed E-state index contributed by atoms with van der Waals surface area (Å²) in [6.45, 7) is 5.65. The van der Waals surface area contributed by atoms with Crippen LogP contribution in [0.25, 0.3) is 10.6 Å². The van der Waals surface area contributed by atoms with Crippen molar-refractivity contribution in [2.24, 2.45) is 0 Å².